The Labute approximate surface area is 206 Å². The van der Waals surface area contributed by atoms with Crippen molar-refractivity contribution in [2.75, 3.05) is 6.61 Å². The van der Waals surface area contributed by atoms with E-state index in [1.807, 2.05) is 32.0 Å². The molecule has 0 bridgehead atoms. The minimum absolute atomic E-state index is 0.208. The highest BCUT2D eigenvalue weighted by Gasteiger charge is 2.24. The SMILES string of the molecule is CCOc1cc(/C=C2\SC(=Nc3ccc(C)c(Cl)c3)NC2=O)ccc1OCc1cccc(F)c1. The summed E-state index contributed by atoms with van der Waals surface area (Å²) in [7, 11) is 0. The van der Waals surface area contributed by atoms with E-state index in [-0.39, 0.29) is 18.3 Å². The fourth-order valence-corrected chi connectivity index (χ4v) is 4.21. The first-order valence-electron chi connectivity index (χ1n) is 10.6. The Kier molecular flexibility index (Phi) is 7.55. The number of halogens is 2. The molecule has 0 radical (unpaired) electrons. The molecule has 1 aliphatic rings. The van der Waals surface area contributed by atoms with E-state index < -0.39 is 0 Å². The van der Waals surface area contributed by atoms with Gasteiger partial charge in [-0.05, 0) is 84.8 Å². The van der Waals surface area contributed by atoms with E-state index in [0.717, 1.165) is 11.1 Å². The summed E-state index contributed by atoms with van der Waals surface area (Å²) in [5.74, 6) is 0.537. The molecule has 0 saturated carbocycles. The molecule has 1 saturated heterocycles. The van der Waals surface area contributed by atoms with E-state index in [9.17, 15) is 9.18 Å². The summed E-state index contributed by atoms with van der Waals surface area (Å²) in [5, 5.41) is 3.88. The smallest absolute Gasteiger partial charge is 0.264 e. The normalized spacial score (nSPS) is 15.6. The molecular formula is C26H22ClFN2O3S. The molecule has 0 aromatic heterocycles. The van der Waals surface area contributed by atoms with Gasteiger partial charge in [0.15, 0.2) is 16.7 Å². The van der Waals surface area contributed by atoms with E-state index in [0.29, 0.717) is 44.5 Å². The summed E-state index contributed by atoms with van der Waals surface area (Å²) >= 11 is 7.42. The zero-order chi connectivity index (χ0) is 24.1. The van der Waals surface area contributed by atoms with Crippen molar-refractivity contribution < 1.29 is 18.7 Å². The van der Waals surface area contributed by atoms with Crippen molar-refractivity contribution in [3.05, 3.63) is 93.1 Å². The summed E-state index contributed by atoms with van der Waals surface area (Å²) in [6.07, 6.45) is 1.77. The van der Waals surface area contributed by atoms with Crippen LogP contribution in [0, 0.1) is 12.7 Å². The van der Waals surface area contributed by atoms with Crippen molar-refractivity contribution in [2.45, 2.75) is 20.5 Å². The molecule has 174 valence electrons. The van der Waals surface area contributed by atoms with Crippen molar-refractivity contribution in [3.8, 4) is 11.5 Å². The standard InChI is InChI=1S/C26H22ClFN2O3S/c1-3-32-23-12-17(8-10-22(23)33-15-18-5-4-6-19(28)11-18)13-24-25(31)30-26(34-24)29-20-9-7-16(2)21(27)14-20/h4-14H,3,15H2,1-2H3,(H,29,30,31)/b24-13-. The van der Waals surface area contributed by atoms with Crippen LogP contribution < -0.4 is 14.8 Å². The number of carbonyl (C=O) groups is 1. The van der Waals surface area contributed by atoms with Crippen molar-refractivity contribution >= 4 is 46.2 Å². The Morgan fingerprint density at radius 1 is 1.09 bits per heavy atom. The molecule has 34 heavy (non-hydrogen) atoms. The van der Waals surface area contributed by atoms with E-state index in [1.165, 1.54) is 23.9 Å². The summed E-state index contributed by atoms with van der Waals surface area (Å²) in [6, 6.07) is 17.2. The van der Waals surface area contributed by atoms with Crippen molar-refractivity contribution in [1.82, 2.24) is 5.32 Å². The highest BCUT2D eigenvalue weighted by Crippen LogP contribution is 2.33. The number of nitrogens with one attached hydrogen (secondary N) is 1. The molecular weight excluding hydrogens is 475 g/mol. The zero-order valence-electron chi connectivity index (χ0n) is 18.6. The van der Waals surface area contributed by atoms with Crippen LogP contribution in [0.25, 0.3) is 6.08 Å². The second-order valence-electron chi connectivity index (χ2n) is 7.47. The molecule has 8 heteroatoms. The van der Waals surface area contributed by atoms with Gasteiger partial charge in [0.25, 0.3) is 5.91 Å². The van der Waals surface area contributed by atoms with Crippen LogP contribution in [0.1, 0.15) is 23.6 Å². The molecule has 1 heterocycles. The number of carbonyl (C=O) groups excluding carboxylic acids is 1. The summed E-state index contributed by atoms with van der Waals surface area (Å²) < 4.78 is 25.0. The van der Waals surface area contributed by atoms with Gasteiger partial charge in [-0.25, -0.2) is 9.38 Å². The number of thioether (sulfide) groups is 1. The lowest BCUT2D eigenvalue weighted by Gasteiger charge is -2.13. The maximum absolute atomic E-state index is 13.4. The zero-order valence-corrected chi connectivity index (χ0v) is 20.2. The maximum atomic E-state index is 13.4. The molecule has 3 aromatic rings. The molecule has 3 aromatic carbocycles. The van der Waals surface area contributed by atoms with Gasteiger partial charge in [0, 0.05) is 5.02 Å². The average molecular weight is 497 g/mol. The second kappa shape index (κ2) is 10.8. The third-order valence-electron chi connectivity index (χ3n) is 4.89. The highest BCUT2D eigenvalue weighted by molar-refractivity contribution is 8.18. The molecule has 4 rings (SSSR count). The molecule has 1 amide bonds. The molecule has 1 aliphatic heterocycles. The van der Waals surface area contributed by atoms with Crippen LogP contribution in [0.5, 0.6) is 11.5 Å². The Morgan fingerprint density at radius 3 is 2.71 bits per heavy atom. The number of amidine groups is 1. The van der Waals surface area contributed by atoms with Gasteiger partial charge in [-0.15, -0.1) is 0 Å². The van der Waals surface area contributed by atoms with Crippen LogP contribution in [0.4, 0.5) is 10.1 Å². The number of amides is 1. The highest BCUT2D eigenvalue weighted by atomic mass is 35.5. The van der Waals surface area contributed by atoms with E-state index >= 15 is 0 Å². The Bertz CT molecular complexity index is 1290. The predicted octanol–water partition coefficient (Wildman–Crippen LogP) is 6.66. The fraction of sp³-hybridized carbons (Fsp3) is 0.154. The van der Waals surface area contributed by atoms with E-state index in [2.05, 4.69) is 10.3 Å². The van der Waals surface area contributed by atoms with Crippen LogP contribution in [0.2, 0.25) is 5.02 Å². The average Bonchev–Trinajstić information content (AvgIpc) is 3.14. The third kappa shape index (κ3) is 5.98. The monoisotopic (exact) mass is 496 g/mol. The number of rotatable bonds is 7. The maximum Gasteiger partial charge on any atom is 0.264 e. The Morgan fingerprint density at radius 2 is 1.94 bits per heavy atom. The van der Waals surface area contributed by atoms with Gasteiger partial charge in [0.1, 0.15) is 12.4 Å². The molecule has 0 aliphatic carbocycles. The van der Waals surface area contributed by atoms with Crippen molar-refractivity contribution in [1.29, 1.82) is 0 Å². The lowest BCUT2D eigenvalue weighted by molar-refractivity contribution is -0.115. The number of hydrogen-bond acceptors (Lipinski definition) is 5. The lowest BCUT2D eigenvalue weighted by Crippen LogP contribution is -2.19. The van der Waals surface area contributed by atoms with Gasteiger partial charge in [-0.3, -0.25) is 4.79 Å². The van der Waals surface area contributed by atoms with Gasteiger partial charge >= 0.3 is 0 Å². The summed E-state index contributed by atoms with van der Waals surface area (Å²) in [6.45, 7) is 4.45. The van der Waals surface area contributed by atoms with Gasteiger partial charge < -0.3 is 14.8 Å². The van der Waals surface area contributed by atoms with Crippen molar-refractivity contribution in [3.63, 3.8) is 0 Å². The van der Waals surface area contributed by atoms with E-state index in [4.69, 9.17) is 21.1 Å². The Balaban J connectivity index is 1.51. The minimum atomic E-state index is -0.311. The second-order valence-corrected chi connectivity index (χ2v) is 8.91. The predicted molar refractivity (Wildman–Crippen MR) is 135 cm³/mol. The molecule has 0 unspecified atom stereocenters. The quantitative estimate of drug-likeness (QED) is 0.372. The largest absolute Gasteiger partial charge is 0.490 e. The first-order valence-corrected chi connectivity index (χ1v) is 11.8. The van der Waals surface area contributed by atoms with Gasteiger partial charge in [0.2, 0.25) is 0 Å². The number of hydrogen-bond donors (Lipinski definition) is 1. The number of aliphatic imine (C=N–C) groups is 1. The summed E-state index contributed by atoms with van der Waals surface area (Å²) in [5.41, 5.74) is 3.12. The Hall–Kier alpha value is -3.29. The third-order valence-corrected chi connectivity index (χ3v) is 6.20. The molecule has 1 fully saturated rings. The summed E-state index contributed by atoms with van der Waals surface area (Å²) in [4.78, 5) is 17.5. The lowest BCUT2D eigenvalue weighted by atomic mass is 10.2. The first kappa shape index (κ1) is 23.9. The number of aryl methyl sites for hydroxylation is 1. The molecule has 1 N–H and O–H groups in total. The van der Waals surface area contributed by atoms with Crippen LogP contribution in [-0.4, -0.2) is 17.7 Å². The number of ether oxygens (including phenoxy) is 2. The van der Waals surface area contributed by atoms with Crippen LogP contribution in [-0.2, 0) is 11.4 Å². The number of benzene rings is 3. The molecule has 5 nitrogen and oxygen atoms in total. The van der Waals surface area contributed by atoms with Crippen molar-refractivity contribution in [2.24, 2.45) is 4.99 Å². The first-order chi connectivity index (χ1) is 16.4. The van der Waals surface area contributed by atoms with Gasteiger partial charge in [-0.1, -0.05) is 35.9 Å². The van der Waals surface area contributed by atoms with Gasteiger partial charge in [-0.2, -0.15) is 0 Å². The van der Waals surface area contributed by atoms with Crippen LogP contribution >= 0.6 is 23.4 Å². The molecule has 0 spiro atoms. The number of nitrogens with zero attached hydrogens (tertiary/aromatic N) is 1. The van der Waals surface area contributed by atoms with Crippen LogP contribution in [0.15, 0.2) is 70.6 Å². The molecule has 0 atom stereocenters. The van der Waals surface area contributed by atoms with Gasteiger partial charge in [0.05, 0.1) is 17.2 Å². The van der Waals surface area contributed by atoms with E-state index in [1.54, 1.807) is 36.4 Å². The van der Waals surface area contributed by atoms with Crippen LogP contribution in [0.3, 0.4) is 0 Å². The topological polar surface area (TPSA) is 59.9 Å². The fourth-order valence-electron chi connectivity index (χ4n) is 3.19. The minimum Gasteiger partial charge on any atom is -0.490 e.